The van der Waals surface area contributed by atoms with Crippen LogP contribution in [0.2, 0.25) is 0 Å². The minimum atomic E-state index is -3.08. The van der Waals surface area contributed by atoms with Gasteiger partial charge in [-0.25, -0.2) is 4.98 Å². The summed E-state index contributed by atoms with van der Waals surface area (Å²) in [6, 6.07) is 18.4. The molecule has 1 spiro atoms. The summed E-state index contributed by atoms with van der Waals surface area (Å²) in [4.78, 5) is 13.0. The second-order valence-corrected chi connectivity index (χ2v) is 14.0. The Morgan fingerprint density at radius 1 is 0.860 bits per heavy atom. The van der Waals surface area contributed by atoms with E-state index in [0.29, 0.717) is 34.5 Å². The number of rotatable bonds is 4. The number of aliphatic imine (C=N–C) groups is 1. The summed E-state index contributed by atoms with van der Waals surface area (Å²) in [6.45, 7) is 1.04. The fourth-order valence-electron chi connectivity index (χ4n) is 8.71. The van der Waals surface area contributed by atoms with Crippen LogP contribution in [0.15, 0.2) is 65.8 Å². The van der Waals surface area contributed by atoms with Crippen molar-refractivity contribution in [3.8, 4) is 33.5 Å². The van der Waals surface area contributed by atoms with E-state index in [1.54, 1.807) is 18.3 Å². The SMILES string of the molecule is FC1(F)c2cc(-c3ccc4c(c3)CC(C3N[C@@H]5CC[C@H]3C5)=N4)ccc2-c2ccc(-c3cnc([C@@H]4CC5(CC5)CN4)[nH]3)cc21. The molecule has 0 radical (unpaired) electrons. The van der Waals surface area contributed by atoms with Crippen LogP contribution in [0.1, 0.15) is 67.1 Å². The van der Waals surface area contributed by atoms with Crippen molar-refractivity contribution in [1.29, 1.82) is 0 Å². The Morgan fingerprint density at radius 2 is 1.63 bits per heavy atom. The van der Waals surface area contributed by atoms with Crippen molar-refractivity contribution in [2.75, 3.05) is 6.54 Å². The van der Waals surface area contributed by atoms with Crippen molar-refractivity contribution < 1.29 is 8.78 Å². The van der Waals surface area contributed by atoms with Gasteiger partial charge in [0.2, 0.25) is 0 Å². The molecule has 2 saturated carbocycles. The molecular formula is C36H33F2N5. The van der Waals surface area contributed by atoms with E-state index in [-0.39, 0.29) is 17.2 Å². The summed E-state index contributed by atoms with van der Waals surface area (Å²) in [6.07, 6.45) is 10.1. The van der Waals surface area contributed by atoms with Gasteiger partial charge < -0.3 is 15.6 Å². The molecule has 4 fully saturated rings. The number of aromatic amines is 1. The smallest absolute Gasteiger partial charge is 0.299 e. The van der Waals surface area contributed by atoms with Gasteiger partial charge >= 0.3 is 0 Å². The minimum absolute atomic E-state index is 0.0644. The highest BCUT2D eigenvalue weighted by molar-refractivity contribution is 5.99. The number of aromatic nitrogens is 2. The van der Waals surface area contributed by atoms with Crippen LogP contribution in [-0.2, 0) is 12.3 Å². The van der Waals surface area contributed by atoms with Gasteiger partial charge in [0.05, 0.1) is 23.6 Å². The first-order chi connectivity index (χ1) is 20.9. The zero-order chi connectivity index (χ0) is 28.5. The Balaban J connectivity index is 0.927. The summed E-state index contributed by atoms with van der Waals surface area (Å²) >= 11 is 0. The number of imidazole rings is 1. The molecule has 2 bridgehead atoms. The van der Waals surface area contributed by atoms with Crippen LogP contribution >= 0.6 is 0 Å². The second-order valence-electron chi connectivity index (χ2n) is 14.0. The molecule has 3 aliphatic heterocycles. The maximum Gasteiger partial charge on any atom is 0.299 e. The van der Waals surface area contributed by atoms with Crippen LogP contribution in [0.4, 0.5) is 14.5 Å². The molecule has 2 saturated heterocycles. The zero-order valence-electron chi connectivity index (χ0n) is 23.9. The van der Waals surface area contributed by atoms with Gasteiger partial charge in [-0.15, -0.1) is 0 Å². The molecule has 4 atom stereocenters. The molecule has 3 aromatic carbocycles. The van der Waals surface area contributed by atoms with Crippen LogP contribution in [-0.4, -0.2) is 34.3 Å². The van der Waals surface area contributed by atoms with E-state index in [1.165, 1.54) is 43.4 Å². The van der Waals surface area contributed by atoms with Crippen LogP contribution in [0.25, 0.3) is 33.5 Å². The molecule has 4 aromatic rings. The average molecular weight is 574 g/mol. The first kappa shape index (κ1) is 24.7. The predicted molar refractivity (Wildman–Crippen MR) is 164 cm³/mol. The van der Waals surface area contributed by atoms with Crippen molar-refractivity contribution in [1.82, 2.24) is 20.6 Å². The van der Waals surface area contributed by atoms with Crippen molar-refractivity contribution in [3.63, 3.8) is 0 Å². The molecule has 1 aromatic heterocycles. The second kappa shape index (κ2) is 8.48. The van der Waals surface area contributed by atoms with E-state index in [9.17, 15) is 0 Å². The van der Waals surface area contributed by atoms with Gasteiger partial charge in [0, 0.05) is 47.5 Å². The molecular weight excluding hydrogens is 540 g/mol. The van der Waals surface area contributed by atoms with Crippen molar-refractivity contribution in [2.24, 2.45) is 16.3 Å². The third kappa shape index (κ3) is 3.67. The summed E-state index contributed by atoms with van der Waals surface area (Å²) in [5.74, 6) is -1.48. The lowest BCUT2D eigenvalue weighted by Gasteiger charge is -2.23. The average Bonchev–Trinajstić information content (AvgIpc) is 3.68. The molecule has 10 rings (SSSR count). The highest BCUT2D eigenvalue weighted by atomic mass is 19.3. The molecule has 6 aliphatic rings. The molecule has 216 valence electrons. The van der Waals surface area contributed by atoms with Gasteiger partial charge in [0.15, 0.2) is 0 Å². The van der Waals surface area contributed by atoms with Gasteiger partial charge in [0.25, 0.3) is 5.92 Å². The fraction of sp³-hybridized carbons (Fsp3) is 0.389. The Labute approximate surface area is 249 Å². The highest BCUT2D eigenvalue weighted by Gasteiger charge is 2.49. The van der Waals surface area contributed by atoms with Gasteiger partial charge in [-0.2, -0.15) is 8.78 Å². The zero-order valence-corrected chi connectivity index (χ0v) is 23.9. The number of halogens is 2. The van der Waals surface area contributed by atoms with E-state index >= 15 is 8.78 Å². The van der Waals surface area contributed by atoms with Gasteiger partial charge in [-0.1, -0.05) is 30.3 Å². The first-order valence-electron chi connectivity index (χ1n) is 15.9. The van der Waals surface area contributed by atoms with E-state index in [0.717, 1.165) is 53.3 Å². The van der Waals surface area contributed by atoms with Crippen molar-refractivity contribution in [2.45, 2.75) is 69.0 Å². The third-order valence-corrected chi connectivity index (χ3v) is 11.3. The van der Waals surface area contributed by atoms with E-state index in [4.69, 9.17) is 4.99 Å². The number of benzene rings is 3. The number of alkyl halides is 2. The lowest BCUT2D eigenvalue weighted by atomic mass is 9.92. The van der Waals surface area contributed by atoms with Crippen molar-refractivity contribution >= 4 is 11.4 Å². The lowest BCUT2D eigenvalue weighted by molar-refractivity contribution is 0.0481. The summed E-state index contributed by atoms with van der Waals surface area (Å²) in [5.41, 5.74) is 8.57. The molecule has 1 unspecified atom stereocenters. The van der Waals surface area contributed by atoms with Crippen LogP contribution < -0.4 is 10.6 Å². The standard InChI is InChI=1S/C36H33F2N5/c37-36(38)27-13-20(19-4-8-29-23(11-19)15-30(42-29)33-22-1-5-24(12-22)41-33)2-6-25(27)26-7-3-21(14-28(26)36)32-17-39-34(43-32)31-16-35(9-10-35)18-40-31/h2-4,6-8,11,13-14,17,22,24,31,33,40-41H,1,5,9-10,12,15-16,18H2,(H,39,43)/t22-,24+,31-,33?/m0/s1. The number of fused-ring (bicyclic) bond motifs is 6. The van der Waals surface area contributed by atoms with Crippen LogP contribution in [0.5, 0.6) is 0 Å². The molecule has 0 amide bonds. The predicted octanol–water partition coefficient (Wildman–Crippen LogP) is 7.45. The lowest BCUT2D eigenvalue weighted by Crippen LogP contribution is -2.41. The normalized spacial score (nSPS) is 28.3. The molecule has 5 nitrogen and oxygen atoms in total. The number of H-pyrrole nitrogens is 1. The minimum Gasteiger partial charge on any atom is -0.341 e. The monoisotopic (exact) mass is 573 g/mol. The van der Waals surface area contributed by atoms with Crippen LogP contribution in [0, 0.1) is 11.3 Å². The molecule has 3 N–H and O–H groups in total. The number of nitrogens with one attached hydrogen (secondary N) is 3. The first-order valence-corrected chi connectivity index (χ1v) is 15.9. The quantitative estimate of drug-likeness (QED) is 0.238. The van der Waals surface area contributed by atoms with E-state index in [2.05, 4.69) is 32.7 Å². The Hall–Kier alpha value is -3.68. The topological polar surface area (TPSA) is 65.1 Å². The number of piperidine rings is 1. The largest absolute Gasteiger partial charge is 0.341 e. The maximum absolute atomic E-state index is 16.1. The third-order valence-electron chi connectivity index (χ3n) is 11.3. The Kier molecular flexibility index (Phi) is 4.88. The van der Waals surface area contributed by atoms with E-state index < -0.39 is 5.92 Å². The molecule has 7 heteroatoms. The van der Waals surface area contributed by atoms with Crippen LogP contribution in [0.3, 0.4) is 0 Å². The van der Waals surface area contributed by atoms with E-state index in [1.807, 2.05) is 30.3 Å². The summed E-state index contributed by atoms with van der Waals surface area (Å²) < 4.78 is 32.2. The number of nitrogens with zero attached hydrogens (tertiary/aromatic N) is 2. The fourth-order valence-corrected chi connectivity index (χ4v) is 8.71. The number of hydrogen-bond acceptors (Lipinski definition) is 4. The van der Waals surface area contributed by atoms with Crippen molar-refractivity contribution in [3.05, 3.63) is 83.3 Å². The van der Waals surface area contributed by atoms with Gasteiger partial charge in [0.1, 0.15) is 5.82 Å². The molecule has 4 heterocycles. The van der Waals surface area contributed by atoms with Gasteiger partial charge in [-0.05, 0) is 102 Å². The highest BCUT2D eigenvalue weighted by Crippen LogP contribution is 2.55. The Bertz CT molecular complexity index is 1870. The summed E-state index contributed by atoms with van der Waals surface area (Å²) in [5, 5.41) is 7.36. The molecule has 3 aliphatic carbocycles. The maximum atomic E-state index is 16.1. The number of hydrogen-bond donors (Lipinski definition) is 3. The Morgan fingerprint density at radius 3 is 2.37 bits per heavy atom. The van der Waals surface area contributed by atoms with Gasteiger partial charge in [-0.3, -0.25) is 4.99 Å². The summed E-state index contributed by atoms with van der Waals surface area (Å²) in [7, 11) is 0. The molecule has 43 heavy (non-hydrogen) atoms.